The van der Waals surface area contributed by atoms with Crippen molar-refractivity contribution in [1.29, 1.82) is 0 Å². The summed E-state index contributed by atoms with van der Waals surface area (Å²) in [5, 5.41) is 4.21. The van der Waals surface area contributed by atoms with Crippen molar-refractivity contribution in [2.24, 2.45) is 0 Å². The van der Waals surface area contributed by atoms with Gasteiger partial charge < -0.3 is 15.0 Å². The summed E-state index contributed by atoms with van der Waals surface area (Å²) in [6.07, 6.45) is 1.78. The summed E-state index contributed by atoms with van der Waals surface area (Å²) < 4.78 is 7.15. The summed E-state index contributed by atoms with van der Waals surface area (Å²) in [4.78, 5) is 31.5. The zero-order valence-electron chi connectivity index (χ0n) is 17.3. The van der Waals surface area contributed by atoms with Crippen LogP contribution < -0.4 is 15.8 Å². The fourth-order valence-corrected chi connectivity index (χ4v) is 4.24. The molecule has 1 fully saturated rings. The van der Waals surface area contributed by atoms with Crippen molar-refractivity contribution in [3.05, 3.63) is 34.6 Å². The van der Waals surface area contributed by atoms with Crippen molar-refractivity contribution in [3.8, 4) is 0 Å². The van der Waals surface area contributed by atoms with E-state index in [4.69, 9.17) is 9.72 Å². The second-order valence-electron chi connectivity index (χ2n) is 7.50. The number of thioether (sulfide) groups is 1. The summed E-state index contributed by atoms with van der Waals surface area (Å²) in [7, 11) is 0. The largest absolute Gasteiger partial charge is 0.370 e. The zero-order chi connectivity index (χ0) is 20.6. The number of rotatable bonds is 9. The van der Waals surface area contributed by atoms with E-state index in [-0.39, 0.29) is 23.3 Å². The molecule has 2 heterocycles. The number of nitrogens with one attached hydrogen (secondary N) is 2. The van der Waals surface area contributed by atoms with Gasteiger partial charge in [-0.25, -0.2) is 4.98 Å². The summed E-state index contributed by atoms with van der Waals surface area (Å²) in [6.45, 7) is 9.28. The number of aromatic nitrogens is 2. The van der Waals surface area contributed by atoms with E-state index >= 15 is 0 Å². The van der Waals surface area contributed by atoms with E-state index in [9.17, 15) is 9.59 Å². The zero-order valence-corrected chi connectivity index (χ0v) is 18.1. The minimum absolute atomic E-state index is 0.0302. The predicted octanol–water partition coefficient (Wildman–Crippen LogP) is 0.709. The fourth-order valence-electron chi connectivity index (χ4n) is 3.40. The molecule has 29 heavy (non-hydrogen) atoms. The van der Waals surface area contributed by atoms with Gasteiger partial charge in [-0.3, -0.25) is 14.2 Å². The van der Waals surface area contributed by atoms with Gasteiger partial charge in [0.1, 0.15) is 13.1 Å². The number of carbonyl (C=O) groups excluding carboxylic acids is 1. The quantitative estimate of drug-likeness (QED) is 0.462. The first-order valence-electron chi connectivity index (χ1n) is 10.4. The number of morpholine rings is 1. The van der Waals surface area contributed by atoms with Gasteiger partial charge in [-0.05, 0) is 25.5 Å². The number of benzene rings is 1. The van der Waals surface area contributed by atoms with E-state index in [0.717, 1.165) is 45.7 Å². The lowest BCUT2D eigenvalue weighted by Gasteiger charge is -2.24. The van der Waals surface area contributed by atoms with Crippen molar-refractivity contribution >= 4 is 28.6 Å². The topological polar surface area (TPSA) is 77.7 Å². The van der Waals surface area contributed by atoms with Crippen molar-refractivity contribution in [2.75, 3.05) is 38.6 Å². The van der Waals surface area contributed by atoms with Crippen LogP contribution in [0.3, 0.4) is 0 Å². The van der Waals surface area contributed by atoms with Gasteiger partial charge in [-0.2, -0.15) is 0 Å². The second kappa shape index (κ2) is 10.8. The minimum Gasteiger partial charge on any atom is -0.370 e. The van der Waals surface area contributed by atoms with Crippen LogP contribution in [0, 0.1) is 0 Å². The van der Waals surface area contributed by atoms with Crippen molar-refractivity contribution in [2.45, 2.75) is 44.4 Å². The maximum Gasteiger partial charge on any atom is 0.262 e. The maximum absolute atomic E-state index is 13.1. The lowest BCUT2D eigenvalue weighted by Crippen LogP contribution is -3.14. The number of nitrogens with zero attached hydrogens (tertiary/aromatic N) is 2. The molecule has 3 rings (SSSR count). The number of fused-ring (bicyclic) bond motifs is 1. The van der Waals surface area contributed by atoms with Crippen LogP contribution in [0.1, 0.15) is 26.7 Å². The average Bonchev–Trinajstić information content (AvgIpc) is 2.74. The van der Waals surface area contributed by atoms with E-state index < -0.39 is 0 Å². The van der Waals surface area contributed by atoms with Crippen LogP contribution in [0.15, 0.2) is 34.2 Å². The first-order valence-corrected chi connectivity index (χ1v) is 11.4. The van der Waals surface area contributed by atoms with Crippen LogP contribution in [-0.4, -0.2) is 60.1 Å². The molecule has 0 bridgehead atoms. The highest BCUT2D eigenvalue weighted by molar-refractivity contribution is 7.99. The Labute approximate surface area is 175 Å². The summed E-state index contributed by atoms with van der Waals surface area (Å²) in [5.74, 6) is 0.222. The highest BCUT2D eigenvalue weighted by Gasteiger charge is 2.16. The summed E-state index contributed by atoms with van der Waals surface area (Å²) >= 11 is 1.34. The van der Waals surface area contributed by atoms with Crippen LogP contribution >= 0.6 is 11.8 Å². The molecule has 2 aromatic rings. The molecule has 0 unspecified atom stereocenters. The molecule has 0 saturated carbocycles. The number of hydrogen-bond donors (Lipinski definition) is 2. The van der Waals surface area contributed by atoms with Gasteiger partial charge in [0.15, 0.2) is 5.16 Å². The summed E-state index contributed by atoms with van der Waals surface area (Å²) in [6, 6.07) is 7.55. The number of amides is 1. The Bertz CT molecular complexity index is 880. The molecule has 1 saturated heterocycles. The van der Waals surface area contributed by atoms with Crippen LogP contribution in [0.25, 0.3) is 10.9 Å². The molecule has 1 amide bonds. The standard InChI is InChI=1S/C21H30N4O3S/c1-3-16(2)22-19(26)15-29-21-23-18-8-5-4-7-17(18)20(27)25(21)10-6-9-24-11-13-28-14-12-24/h4-5,7-8,16H,3,6,9-15H2,1-2H3,(H,22,26)/p+1/t16-/m0/s1. The Hall–Kier alpha value is -1.90. The Morgan fingerprint density at radius 3 is 2.86 bits per heavy atom. The van der Waals surface area contributed by atoms with Gasteiger partial charge >= 0.3 is 0 Å². The lowest BCUT2D eigenvalue weighted by molar-refractivity contribution is -0.908. The molecule has 0 aliphatic carbocycles. The van der Waals surface area contributed by atoms with Gasteiger partial charge in [0, 0.05) is 19.0 Å². The third-order valence-corrected chi connectivity index (χ3v) is 6.27. The Kier molecular flexibility index (Phi) is 8.09. The monoisotopic (exact) mass is 419 g/mol. The maximum atomic E-state index is 13.1. The van der Waals surface area contributed by atoms with E-state index in [1.165, 1.54) is 16.7 Å². The number of ether oxygens (including phenoxy) is 1. The number of para-hydroxylation sites is 1. The van der Waals surface area contributed by atoms with Gasteiger partial charge in [0.2, 0.25) is 5.91 Å². The Balaban J connectivity index is 1.74. The van der Waals surface area contributed by atoms with E-state index in [0.29, 0.717) is 22.6 Å². The molecular weight excluding hydrogens is 388 g/mol. The molecule has 1 atom stereocenters. The predicted molar refractivity (Wildman–Crippen MR) is 116 cm³/mol. The molecule has 1 aliphatic heterocycles. The minimum atomic E-state index is -0.0314. The molecule has 1 aromatic heterocycles. The Morgan fingerprint density at radius 1 is 1.34 bits per heavy atom. The molecule has 8 heteroatoms. The first-order chi connectivity index (χ1) is 14.1. The number of hydrogen-bond acceptors (Lipinski definition) is 5. The van der Waals surface area contributed by atoms with Crippen LogP contribution in [0.2, 0.25) is 0 Å². The smallest absolute Gasteiger partial charge is 0.262 e. The van der Waals surface area contributed by atoms with Crippen molar-refractivity contribution < 1.29 is 14.4 Å². The highest BCUT2D eigenvalue weighted by atomic mass is 32.2. The van der Waals surface area contributed by atoms with Crippen LogP contribution in [-0.2, 0) is 16.1 Å². The number of quaternary nitrogens is 1. The third-order valence-electron chi connectivity index (χ3n) is 5.29. The van der Waals surface area contributed by atoms with Gasteiger partial charge in [-0.15, -0.1) is 0 Å². The molecular formula is C21H31N4O3S+. The van der Waals surface area contributed by atoms with Gasteiger partial charge in [-0.1, -0.05) is 30.8 Å². The third kappa shape index (κ3) is 6.04. The SMILES string of the molecule is CC[C@H](C)NC(=O)CSc1nc2ccccc2c(=O)n1CCC[NH+]1CCOCC1. The Morgan fingerprint density at radius 2 is 2.10 bits per heavy atom. The van der Waals surface area contributed by atoms with Crippen molar-refractivity contribution in [3.63, 3.8) is 0 Å². The molecule has 0 spiro atoms. The number of carbonyl (C=O) groups is 1. The van der Waals surface area contributed by atoms with Crippen molar-refractivity contribution in [1.82, 2.24) is 14.9 Å². The average molecular weight is 420 g/mol. The lowest BCUT2D eigenvalue weighted by atomic mass is 10.2. The normalized spacial score (nSPS) is 16.1. The van der Waals surface area contributed by atoms with E-state index in [2.05, 4.69) is 5.32 Å². The molecule has 1 aliphatic rings. The van der Waals surface area contributed by atoms with Gasteiger partial charge in [0.25, 0.3) is 5.56 Å². The van der Waals surface area contributed by atoms with Crippen LogP contribution in [0.4, 0.5) is 0 Å². The molecule has 2 N–H and O–H groups in total. The van der Waals surface area contributed by atoms with E-state index in [1.54, 1.807) is 4.57 Å². The summed E-state index contributed by atoms with van der Waals surface area (Å²) in [5.41, 5.74) is 0.648. The molecule has 0 radical (unpaired) electrons. The van der Waals surface area contributed by atoms with E-state index in [1.807, 2.05) is 38.1 Å². The molecule has 7 nitrogen and oxygen atoms in total. The molecule has 158 valence electrons. The highest BCUT2D eigenvalue weighted by Crippen LogP contribution is 2.18. The second-order valence-corrected chi connectivity index (χ2v) is 8.44. The van der Waals surface area contributed by atoms with Gasteiger partial charge in [0.05, 0.1) is 36.4 Å². The van der Waals surface area contributed by atoms with Crippen LogP contribution in [0.5, 0.6) is 0 Å². The first kappa shape index (κ1) is 21.8. The molecule has 1 aromatic carbocycles. The fraction of sp³-hybridized carbons (Fsp3) is 0.571.